The van der Waals surface area contributed by atoms with E-state index in [4.69, 9.17) is 21.1 Å². The first-order valence-corrected chi connectivity index (χ1v) is 6.14. The average molecular weight is 255 g/mol. The number of esters is 1. The van der Waals surface area contributed by atoms with E-state index in [-0.39, 0.29) is 12.1 Å². The van der Waals surface area contributed by atoms with Gasteiger partial charge in [-0.15, -0.1) is 0 Å². The van der Waals surface area contributed by atoms with Crippen LogP contribution in [0.2, 0.25) is 5.02 Å². The molecule has 0 radical (unpaired) electrons. The van der Waals surface area contributed by atoms with Gasteiger partial charge in [0.05, 0.1) is 13.2 Å². The third-order valence-corrected chi connectivity index (χ3v) is 3.01. The van der Waals surface area contributed by atoms with Crippen LogP contribution < -0.4 is 0 Å². The summed E-state index contributed by atoms with van der Waals surface area (Å²) in [6, 6.07) is 5.81. The molecule has 1 fully saturated rings. The van der Waals surface area contributed by atoms with Crippen LogP contribution in [0, 0.1) is 0 Å². The number of epoxide rings is 1. The zero-order valence-corrected chi connectivity index (χ0v) is 10.5. The van der Waals surface area contributed by atoms with Crippen molar-refractivity contribution in [2.45, 2.75) is 25.9 Å². The Morgan fingerprint density at radius 1 is 1.59 bits per heavy atom. The van der Waals surface area contributed by atoms with Crippen molar-refractivity contribution < 1.29 is 14.3 Å². The Labute approximate surface area is 106 Å². The summed E-state index contributed by atoms with van der Waals surface area (Å²) in [5.74, 6) is -0.160. The molecule has 3 nitrogen and oxygen atoms in total. The number of carbonyl (C=O) groups is 1. The van der Waals surface area contributed by atoms with Gasteiger partial charge in [0, 0.05) is 17.0 Å². The van der Waals surface area contributed by atoms with Gasteiger partial charge in [-0.1, -0.05) is 23.7 Å². The smallest absolute Gasteiger partial charge is 0.306 e. The van der Waals surface area contributed by atoms with Crippen LogP contribution in [0.3, 0.4) is 0 Å². The maximum Gasteiger partial charge on any atom is 0.306 e. The lowest BCUT2D eigenvalue weighted by Crippen LogP contribution is -2.05. The summed E-state index contributed by atoms with van der Waals surface area (Å²) in [6.45, 7) is 2.98. The minimum Gasteiger partial charge on any atom is -0.466 e. The Morgan fingerprint density at radius 2 is 2.35 bits per heavy atom. The van der Waals surface area contributed by atoms with E-state index in [9.17, 15) is 4.79 Å². The molecule has 1 heterocycles. The van der Waals surface area contributed by atoms with Gasteiger partial charge < -0.3 is 9.47 Å². The molecule has 0 saturated carbocycles. The van der Waals surface area contributed by atoms with Gasteiger partial charge in [-0.3, -0.25) is 4.79 Å². The first-order chi connectivity index (χ1) is 8.20. The largest absolute Gasteiger partial charge is 0.466 e. The van der Waals surface area contributed by atoms with Crippen LogP contribution in [-0.4, -0.2) is 19.2 Å². The quantitative estimate of drug-likeness (QED) is 0.599. The molecule has 1 atom stereocenters. The van der Waals surface area contributed by atoms with E-state index in [2.05, 4.69) is 0 Å². The van der Waals surface area contributed by atoms with Crippen LogP contribution in [0.4, 0.5) is 0 Å². The van der Waals surface area contributed by atoms with Gasteiger partial charge in [-0.05, 0) is 25.0 Å². The molecular weight excluding hydrogens is 240 g/mol. The number of hydrogen-bond acceptors (Lipinski definition) is 3. The summed E-state index contributed by atoms with van der Waals surface area (Å²) < 4.78 is 10.1. The van der Waals surface area contributed by atoms with Crippen molar-refractivity contribution in [3.63, 3.8) is 0 Å². The van der Waals surface area contributed by atoms with Crippen molar-refractivity contribution in [3.05, 3.63) is 34.3 Å². The van der Waals surface area contributed by atoms with Gasteiger partial charge in [0.15, 0.2) is 0 Å². The maximum absolute atomic E-state index is 11.2. The third kappa shape index (κ3) is 3.45. The molecule has 1 aliphatic rings. The summed E-state index contributed by atoms with van der Waals surface area (Å²) in [5.41, 5.74) is 2.11. The maximum atomic E-state index is 11.2. The molecule has 1 aromatic rings. The monoisotopic (exact) mass is 254 g/mol. The molecule has 0 aromatic heterocycles. The Hall–Kier alpha value is -1.06. The van der Waals surface area contributed by atoms with E-state index in [1.165, 1.54) is 0 Å². The van der Waals surface area contributed by atoms with Crippen molar-refractivity contribution in [1.29, 1.82) is 0 Å². The first kappa shape index (κ1) is 12.4. The number of rotatable bonds is 5. The van der Waals surface area contributed by atoms with Crippen LogP contribution in [-0.2, 0) is 20.7 Å². The second-order valence-electron chi connectivity index (χ2n) is 3.98. The van der Waals surface area contributed by atoms with Gasteiger partial charge in [0.25, 0.3) is 0 Å². The fourth-order valence-corrected chi connectivity index (χ4v) is 1.94. The van der Waals surface area contributed by atoms with Crippen LogP contribution >= 0.6 is 11.6 Å². The van der Waals surface area contributed by atoms with Crippen molar-refractivity contribution in [2.24, 2.45) is 0 Å². The van der Waals surface area contributed by atoms with Crippen molar-refractivity contribution in [3.8, 4) is 0 Å². The summed E-state index contributed by atoms with van der Waals surface area (Å²) in [6.07, 6.45) is 1.22. The van der Waals surface area contributed by atoms with Crippen LogP contribution in [0.1, 0.15) is 30.6 Å². The second kappa shape index (κ2) is 5.52. The number of hydrogen-bond donors (Lipinski definition) is 0. The van der Waals surface area contributed by atoms with E-state index in [0.717, 1.165) is 22.8 Å². The molecule has 1 aromatic carbocycles. The predicted octanol–water partition coefficient (Wildman–Crippen LogP) is 2.91. The van der Waals surface area contributed by atoms with E-state index in [1.807, 2.05) is 25.1 Å². The minimum atomic E-state index is -0.160. The number of carbonyl (C=O) groups excluding carboxylic acids is 1. The lowest BCUT2D eigenvalue weighted by atomic mass is 10.0. The Kier molecular flexibility index (Phi) is 4.02. The molecule has 0 N–H and O–H groups in total. The van der Waals surface area contributed by atoms with Crippen LogP contribution in [0.25, 0.3) is 0 Å². The molecule has 0 spiro atoms. The zero-order chi connectivity index (χ0) is 12.3. The predicted molar refractivity (Wildman–Crippen MR) is 65.1 cm³/mol. The molecule has 4 heteroatoms. The molecule has 0 amide bonds. The molecule has 0 aliphatic carbocycles. The SMILES string of the molecule is CCOC(=O)CCc1ccc(Cl)c(C2CO2)c1. The van der Waals surface area contributed by atoms with Crippen LogP contribution in [0.5, 0.6) is 0 Å². The first-order valence-electron chi connectivity index (χ1n) is 5.76. The molecule has 92 valence electrons. The Bertz CT molecular complexity index is 413. The highest BCUT2D eigenvalue weighted by molar-refractivity contribution is 6.31. The van der Waals surface area contributed by atoms with Crippen molar-refractivity contribution >= 4 is 17.6 Å². The van der Waals surface area contributed by atoms with Crippen molar-refractivity contribution in [2.75, 3.05) is 13.2 Å². The fourth-order valence-electron chi connectivity index (χ4n) is 1.70. The number of aryl methyl sites for hydroxylation is 1. The number of benzene rings is 1. The Morgan fingerprint density at radius 3 is 3.00 bits per heavy atom. The van der Waals surface area contributed by atoms with E-state index >= 15 is 0 Å². The Balaban J connectivity index is 1.96. The van der Waals surface area contributed by atoms with Crippen LogP contribution in [0.15, 0.2) is 18.2 Å². The highest BCUT2D eigenvalue weighted by atomic mass is 35.5. The molecule has 0 bridgehead atoms. The van der Waals surface area contributed by atoms with E-state index in [1.54, 1.807) is 0 Å². The lowest BCUT2D eigenvalue weighted by molar-refractivity contribution is -0.143. The molecular formula is C13H15ClO3. The van der Waals surface area contributed by atoms with Gasteiger partial charge in [0.2, 0.25) is 0 Å². The summed E-state index contributed by atoms with van der Waals surface area (Å²) in [7, 11) is 0. The minimum absolute atomic E-state index is 0.144. The highest BCUT2D eigenvalue weighted by Gasteiger charge is 2.27. The van der Waals surface area contributed by atoms with Gasteiger partial charge in [-0.25, -0.2) is 0 Å². The molecule has 2 rings (SSSR count). The topological polar surface area (TPSA) is 38.8 Å². The van der Waals surface area contributed by atoms with E-state index in [0.29, 0.717) is 19.4 Å². The normalized spacial score (nSPS) is 17.9. The fraction of sp³-hybridized carbons (Fsp3) is 0.462. The molecule has 1 unspecified atom stereocenters. The van der Waals surface area contributed by atoms with Gasteiger partial charge in [-0.2, -0.15) is 0 Å². The standard InChI is InChI=1S/C13H15ClO3/c1-2-16-13(15)6-4-9-3-5-11(14)10(7-9)12-8-17-12/h3,5,7,12H,2,4,6,8H2,1H3. The molecule has 17 heavy (non-hydrogen) atoms. The van der Waals surface area contributed by atoms with Crippen molar-refractivity contribution in [1.82, 2.24) is 0 Å². The van der Waals surface area contributed by atoms with Gasteiger partial charge >= 0.3 is 5.97 Å². The average Bonchev–Trinajstić information content (AvgIpc) is 3.12. The number of ether oxygens (including phenoxy) is 2. The van der Waals surface area contributed by atoms with Gasteiger partial charge in [0.1, 0.15) is 6.10 Å². The third-order valence-electron chi connectivity index (χ3n) is 2.66. The number of halogens is 1. The summed E-state index contributed by atoms with van der Waals surface area (Å²) in [5, 5.41) is 0.729. The zero-order valence-electron chi connectivity index (χ0n) is 9.74. The summed E-state index contributed by atoms with van der Waals surface area (Å²) in [4.78, 5) is 11.2. The highest BCUT2D eigenvalue weighted by Crippen LogP contribution is 2.35. The lowest BCUT2D eigenvalue weighted by Gasteiger charge is -2.05. The summed E-state index contributed by atoms with van der Waals surface area (Å²) >= 11 is 6.07. The molecule has 1 saturated heterocycles. The van der Waals surface area contributed by atoms with E-state index < -0.39 is 0 Å². The second-order valence-corrected chi connectivity index (χ2v) is 4.39. The molecule has 1 aliphatic heterocycles.